The fourth-order valence-corrected chi connectivity index (χ4v) is 2.47. The standard InChI is InChI=1S/C16H21F/c1-12-3-7-14(8-4-12)11-16(17)15-9-5-13(2)6-10-15/h5-6,9-12,14H,3-4,7-8H2,1-2H3/b16-11+. The molecule has 2 rings (SSSR count). The van der Waals surface area contributed by atoms with Crippen LogP contribution in [0.5, 0.6) is 0 Å². The normalized spacial score (nSPS) is 25.9. The van der Waals surface area contributed by atoms with Crippen LogP contribution in [0.4, 0.5) is 4.39 Å². The highest BCUT2D eigenvalue weighted by atomic mass is 19.1. The molecule has 0 aliphatic heterocycles. The van der Waals surface area contributed by atoms with E-state index in [1.165, 1.54) is 18.4 Å². The van der Waals surface area contributed by atoms with Gasteiger partial charge in [0.2, 0.25) is 0 Å². The van der Waals surface area contributed by atoms with Crippen molar-refractivity contribution in [3.05, 3.63) is 41.5 Å². The Kier molecular flexibility index (Phi) is 3.98. The highest BCUT2D eigenvalue weighted by Gasteiger charge is 2.17. The fourth-order valence-electron chi connectivity index (χ4n) is 2.47. The monoisotopic (exact) mass is 232 g/mol. The Labute approximate surface area is 104 Å². The summed E-state index contributed by atoms with van der Waals surface area (Å²) in [5.74, 6) is 1.21. The van der Waals surface area contributed by atoms with E-state index in [1.54, 1.807) is 0 Å². The van der Waals surface area contributed by atoms with Gasteiger partial charge in [-0.3, -0.25) is 0 Å². The molecule has 0 radical (unpaired) electrons. The number of allylic oxidation sites excluding steroid dienone is 1. The Hall–Kier alpha value is -1.11. The predicted molar refractivity (Wildman–Crippen MR) is 71.4 cm³/mol. The Morgan fingerprint density at radius 3 is 2.29 bits per heavy atom. The van der Waals surface area contributed by atoms with Crippen molar-refractivity contribution >= 4 is 5.83 Å². The maximum Gasteiger partial charge on any atom is 0.126 e. The van der Waals surface area contributed by atoms with Crippen molar-refractivity contribution < 1.29 is 4.39 Å². The molecule has 0 bridgehead atoms. The molecule has 1 aromatic rings. The Bertz CT molecular complexity index is 380. The second kappa shape index (κ2) is 5.48. The van der Waals surface area contributed by atoms with Crippen molar-refractivity contribution in [3.8, 4) is 0 Å². The predicted octanol–water partition coefficient (Wildman–Crippen LogP) is 5.13. The van der Waals surface area contributed by atoms with Gasteiger partial charge in [0.15, 0.2) is 0 Å². The number of hydrogen-bond acceptors (Lipinski definition) is 0. The summed E-state index contributed by atoms with van der Waals surface area (Å²) in [6, 6.07) is 7.66. The lowest BCUT2D eigenvalue weighted by Gasteiger charge is -2.23. The molecule has 0 spiro atoms. The van der Waals surface area contributed by atoms with Crippen LogP contribution in [0.3, 0.4) is 0 Å². The van der Waals surface area contributed by atoms with Crippen molar-refractivity contribution in [2.45, 2.75) is 39.5 Å². The maximum atomic E-state index is 14.0. The van der Waals surface area contributed by atoms with E-state index in [-0.39, 0.29) is 5.83 Å². The van der Waals surface area contributed by atoms with E-state index in [0.29, 0.717) is 11.5 Å². The number of hydrogen-bond donors (Lipinski definition) is 0. The Morgan fingerprint density at radius 2 is 1.71 bits per heavy atom. The molecule has 1 aliphatic carbocycles. The summed E-state index contributed by atoms with van der Waals surface area (Å²) < 4.78 is 14.0. The molecule has 0 nitrogen and oxygen atoms in total. The molecule has 0 heterocycles. The van der Waals surface area contributed by atoms with Crippen LogP contribution >= 0.6 is 0 Å². The third kappa shape index (κ3) is 3.42. The molecule has 1 aromatic carbocycles. The van der Waals surface area contributed by atoms with Gasteiger partial charge in [0, 0.05) is 5.56 Å². The average Bonchev–Trinajstić information content (AvgIpc) is 2.33. The quantitative estimate of drug-likeness (QED) is 0.663. The van der Waals surface area contributed by atoms with Gasteiger partial charge in [-0.05, 0) is 37.7 Å². The summed E-state index contributed by atoms with van der Waals surface area (Å²) in [6.45, 7) is 4.31. The van der Waals surface area contributed by atoms with Crippen LogP contribution < -0.4 is 0 Å². The molecule has 0 unspecified atom stereocenters. The molecule has 0 saturated heterocycles. The van der Waals surface area contributed by atoms with E-state index in [4.69, 9.17) is 0 Å². The van der Waals surface area contributed by atoms with Crippen molar-refractivity contribution in [2.75, 3.05) is 0 Å². The lowest BCUT2D eigenvalue weighted by Crippen LogP contribution is -2.10. The van der Waals surface area contributed by atoms with Crippen molar-refractivity contribution in [2.24, 2.45) is 11.8 Å². The van der Waals surface area contributed by atoms with Gasteiger partial charge >= 0.3 is 0 Å². The molecule has 1 saturated carbocycles. The molecular weight excluding hydrogens is 211 g/mol. The molecule has 92 valence electrons. The highest BCUT2D eigenvalue weighted by Crippen LogP contribution is 2.31. The minimum Gasteiger partial charge on any atom is -0.207 e. The fraction of sp³-hybridized carbons (Fsp3) is 0.500. The van der Waals surface area contributed by atoms with Gasteiger partial charge < -0.3 is 0 Å². The van der Waals surface area contributed by atoms with Gasteiger partial charge in [-0.1, -0.05) is 49.6 Å². The lowest BCUT2D eigenvalue weighted by atomic mass is 9.82. The van der Waals surface area contributed by atoms with Crippen LogP contribution in [0.1, 0.15) is 43.7 Å². The van der Waals surface area contributed by atoms with Crippen molar-refractivity contribution in [1.29, 1.82) is 0 Å². The first kappa shape index (κ1) is 12.3. The summed E-state index contributed by atoms with van der Waals surface area (Å²) in [5.41, 5.74) is 1.89. The van der Waals surface area contributed by atoms with Gasteiger partial charge in [0.25, 0.3) is 0 Å². The third-order valence-corrected chi connectivity index (χ3v) is 3.77. The topological polar surface area (TPSA) is 0 Å². The first-order chi connectivity index (χ1) is 8.15. The first-order valence-corrected chi connectivity index (χ1v) is 6.59. The van der Waals surface area contributed by atoms with E-state index in [9.17, 15) is 4.39 Å². The van der Waals surface area contributed by atoms with Gasteiger partial charge in [0.05, 0.1) is 0 Å². The van der Waals surface area contributed by atoms with E-state index < -0.39 is 0 Å². The number of rotatable bonds is 2. The van der Waals surface area contributed by atoms with Gasteiger partial charge in [-0.2, -0.15) is 0 Å². The number of halogens is 1. The van der Waals surface area contributed by atoms with Crippen LogP contribution in [0.15, 0.2) is 30.3 Å². The molecule has 1 fully saturated rings. The van der Waals surface area contributed by atoms with Gasteiger partial charge in [-0.25, -0.2) is 4.39 Å². The second-order valence-electron chi connectivity index (χ2n) is 5.40. The first-order valence-electron chi connectivity index (χ1n) is 6.59. The summed E-state index contributed by atoms with van der Waals surface area (Å²) >= 11 is 0. The summed E-state index contributed by atoms with van der Waals surface area (Å²) in [5, 5.41) is 0. The van der Waals surface area contributed by atoms with Crippen LogP contribution in [-0.4, -0.2) is 0 Å². The van der Waals surface area contributed by atoms with Crippen LogP contribution in [0.25, 0.3) is 5.83 Å². The van der Waals surface area contributed by atoms with Crippen LogP contribution in [0, 0.1) is 18.8 Å². The average molecular weight is 232 g/mol. The number of aryl methyl sites for hydroxylation is 1. The van der Waals surface area contributed by atoms with Gasteiger partial charge in [-0.15, -0.1) is 0 Å². The van der Waals surface area contributed by atoms with E-state index in [2.05, 4.69) is 6.92 Å². The lowest BCUT2D eigenvalue weighted by molar-refractivity contribution is 0.330. The highest BCUT2D eigenvalue weighted by molar-refractivity contribution is 5.59. The largest absolute Gasteiger partial charge is 0.207 e. The van der Waals surface area contributed by atoms with E-state index >= 15 is 0 Å². The zero-order chi connectivity index (χ0) is 12.3. The Balaban J connectivity index is 2.03. The molecule has 0 aromatic heterocycles. The summed E-state index contributed by atoms with van der Waals surface area (Å²) in [6.07, 6.45) is 6.59. The number of benzene rings is 1. The molecule has 0 N–H and O–H groups in total. The molecule has 1 heteroatoms. The van der Waals surface area contributed by atoms with Crippen LogP contribution in [0.2, 0.25) is 0 Å². The molecule has 1 aliphatic rings. The zero-order valence-corrected chi connectivity index (χ0v) is 10.7. The summed E-state index contributed by atoms with van der Waals surface area (Å²) in [4.78, 5) is 0. The minimum absolute atomic E-state index is 0.0513. The molecule has 0 atom stereocenters. The smallest absolute Gasteiger partial charge is 0.126 e. The third-order valence-electron chi connectivity index (χ3n) is 3.77. The molecule has 17 heavy (non-hydrogen) atoms. The SMILES string of the molecule is Cc1ccc(/C(F)=C\C2CCC(C)CC2)cc1. The van der Waals surface area contributed by atoms with E-state index in [1.807, 2.05) is 37.3 Å². The minimum atomic E-state index is -0.0513. The maximum absolute atomic E-state index is 14.0. The second-order valence-corrected chi connectivity index (χ2v) is 5.40. The Morgan fingerprint density at radius 1 is 1.12 bits per heavy atom. The van der Waals surface area contributed by atoms with Crippen molar-refractivity contribution in [1.82, 2.24) is 0 Å². The van der Waals surface area contributed by atoms with Gasteiger partial charge in [0.1, 0.15) is 5.83 Å². The van der Waals surface area contributed by atoms with Crippen molar-refractivity contribution in [3.63, 3.8) is 0 Å². The van der Waals surface area contributed by atoms with E-state index in [0.717, 1.165) is 18.8 Å². The van der Waals surface area contributed by atoms with Crippen LogP contribution in [-0.2, 0) is 0 Å². The summed E-state index contributed by atoms with van der Waals surface area (Å²) in [7, 11) is 0. The zero-order valence-electron chi connectivity index (χ0n) is 10.7. The molecule has 0 amide bonds. The molecular formula is C16H21F.